The summed E-state index contributed by atoms with van der Waals surface area (Å²) in [5.74, 6) is 0.122. The van der Waals surface area contributed by atoms with Crippen LogP contribution < -0.4 is 5.73 Å². The van der Waals surface area contributed by atoms with Crippen molar-refractivity contribution >= 4 is 15.7 Å². The van der Waals surface area contributed by atoms with E-state index in [2.05, 4.69) is 0 Å². The molecule has 5 nitrogen and oxygen atoms in total. The minimum Gasteiger partial charge on any atom is -0.384 e. The Hall–Kier alpha value is -1.40. The molecule has 0 radical (unpaired) electrons. The monoisotopic (exact) mass is 298 g/mol. The molecule has 1 aromatic rings. The Labute approximate surface area is 120 Å². The predicted molar refractivity (Wildman–Crippen MR) is 79.8 cm³/mol. The smallest absolute Gasteiger partial charge is 0.180 e. The van der Waals surface area contributed by atoms with Crippen LogP contribution in [0.15, 0.2) is 29.2 Å². The maximum absolute atomic E-state index is 12.2. The van der Waals surface area contributed by atoms with Gasteiger partial charge in [0.25, 0.3) is 0 Å². The summed E-state index contributed by atoms with van der Waals surface area (Å²) in [4.78, 5) is 0.172. The van der Waals surface area contributed by atoms with E-state index >= 15 is 0 Å². The third kappa shape index (κ3) is 4.61. The number of nitrogens with one attached hydrogen (secondary N) is 1. The maximum Gasteiger partial charge on any atom is 0.180 e. The molecule has 112 valence electrons. The fourth-order valence-electron chi connectivity index (χ4n) is 1.51. The summed E-state index contributed by atoms with van der Waals surface area (Å²) in [6, 6.07) is 6.12. The molecule has 1 rings (SSSR count). The molecule has 1 atom stereocenters. The lowest BCUT2D eigenvalue weighted by atomic mass is 10.1. The van der Waals surface area contributed by atoms with Gasteiger partial charge in [0.1, 0.15) is 5.84 Å². The Kier molecular flexibility index (Phi) is 5.71. The van der Waals surface area contributed by atoms with Crippen molar-refractivity contribution in [2.24, 2.45) is 11.7 Å². The number of nitrogens with two attached hydrogens (primary N) is 1. The zero-order valence-corrected chi connectivity index (χ0v) is 12.9. The van der Waals surface area contributed by atoms with E-state index < -0.39 is 9.84 Å². The van der Waals surface area contributed by atoms with Gasteiger partial charge < -0.3 is 10.5 Å². The zero-order valence-electron chi connectivity index (χ0n) is 12.1. The second kappa shape index (κ2) is 6.85. The molecular weight excluding hydrogens is 276 g/mol. The van der Waals surface area contributed by atoms with Gasteiger partial charge >= 0.3 is 0 Å². The second-order valence-corrected chi connectivity index (χ2v) is 7.19. The van der Waals surface area contributed by atoms with Crippen molar-refractivity contribution in [3.8, 4) is 0 Å². The van der Waals surface area contributed by atoms with Gasteiger partial charge in [0, 0.05) is 5.56 Å². The molecular formula is C14H22N2O3S. The van der Waals surface area contributed by atoms with E-state index in [9.17, 15) is 8.42 Å². The van der Waals surface area contributed by atoms with E-state index in [0.717, 1.165) is 0 Å². The fourth-order valence-corrected chi connectivity index (χ4v) is 2.65. The number of rotatable bonds is 7. The molecule has 0 bridgehead atoms. The highest BCUT2D eigenvalue weighted by Gasteiger charge is 2.16. The minimum absolute atomic E-state index is 0.0220. The van der Waals surface area contributed by atoms with Crippen LogP contribution in [0.4, 0.5) is 0 Å². The van der Waals surface area contributed by atoms with Crippen LogP contribution in [0.25, 0.3) is 0 Å². The number of sulfone groups is 1. The van der Waals surface area contributed by atoms with E-state index in [1.807, 2.05) is 20.8 Å². The molecule has 0 aliphatic rings. The first-order valence-corrected chi connectivity index (χ1v) is 8.18. The van der Waals surface area contributed by atoms with Crippen LogP contribution in [0.2, 0.25) is 0 Å². The molecule has 0 spiro atoms. The summed E-state index contributed by atoms with van der Waals surface area (Å²) in [6.07, 6.45) is 0.0220. The summed E-state index contributed by atoms with van der Waals surface area (Å²) in [5.41, 5.74) is 5.77. The summed E-state index contributed by atoms with van der Waals surface area (Å²) < 4.78 is 29.8. The molecule has 0 aliphatic heterocycles. The topological polar surface area (TPSA) is 93.2 Å². The van der Waals surface area contributed by atoms with Crippen LogP contribution in [0, 0.1) is 11.3 Å². The van der Waals surface area contributed by atoms with Crippen molar-refractivity contribution in [1.29, 1.82) is 5.41 Å². The fraction of sp³-hybridized carbons (Fsp3) is 0.500. The van der Waals surface area contributed by atoms with Gasteiger partial charge in [0.2, 0.25) is 0 Å². The first-order valence-electron chi connectivity index (χ1n) is 6.53. The van der Waals surface area contributed by atoms with Crippen molar-refractivity contribution in [2.75, 3.05) is 12.4 Å². The van der Waals surface area contributed by atoms with Gasteiger partial charge in [-0.05, 0) is 25.0 Å². The lowest BCUT2D eigenvalue weighted by molar-refractivity contribution is 0.0455. The van der Waals surface area contributed by atoms with Crippen LogP contribution >= 0.6 is 0 Å². The number of hydrogen-bond acceptors (Lipinski definition) is 4. The van der Waals surface area contributed by atoms with Crippen LogP contribution in [-0.4, -0.2) is 32.7 Å². The zero-order chi connectivity index (χ0) is 15.3. The van der Waals surface area contributed by atoms with Crippen LogP contribution in [-0.2, 0) is 14.6 Å². The van der Waals surface area contributed by atoms with Gasteiger partial charge in [-0.3, -0.25) is 5.41 Å². The minimum atomic E-state index is -3.41. The van der Waals surface area contributed by atoms with E-state index in [1.54, 1.807) is 12.1 Å². The third-order valence-electron chi connectivity index (χ3n) is 3.18. The molecule has 1 unspecified atom stereocenters. The number of hydrogen-bond donors (Lipinski definition) is 2. The van der Waals surface area contributed by atoms with Crippen molar-refractivity contribution in [3.05, 3.63) is 29.8 Å². The van der Waals surface area contributed by atoms with Gasteiger partial charge in [-0.2, -0.15) is 0 Å². The molecule has 20 heavy (non-hydrogen) atoms. The van der Waals surface area contributed by atoms with E-state index in [1.165, 1.54) is 12.1 Å². The highest BCUT2D eigenvalue weighted by molar-refractivity contribution is 7.91. The van der Waals surface area contributed by atoms with Crippen molar-refractivity contribution in [3.63, 3.8) is 0 Å². The molecule has 0 heterocycles. The maximum atomic E-state index is 12.2. The van der Waals surface area contributed by atoms with E-state index in [0.29, 0.717) is 11.5 Å². The summed E-state index contributed by atoms with van der Waals surface area (Å²) >= 11 is 0. The molecule has 0 aromatic heterocycles. The molecule has 0 saturated heterocycles. The molecule has 3 N–H and O–H groups in total. The highest BCUT2D eigenvalue weighted by Crippen LogP contribution is 2.14. The molecule has 0 aliphatic carbocycles. The van der Waals surface area contributed by atoms with Gasteiger partial charge in [0.15, 0.2) is 9.84 Å². The Morgan fingerprint density at radius 1 is 1.35 bits per heavy atom. The van der Waals surface area contributed by atoms with E-state index in [-0.39, 0.29) is 29.2 Å². The Bertz CT molecular complexity index is 568. The van der Waals surface area contributed by atoms with E-state index in [4.69, 9.17) is 15.9 Å². The predicted octanol–water partition coefficient (Wildman–Crippen LogP) is 1.81. The van der Waals surface area contributed by atoms with Crippen molar-refractivity contribution < 1.29 is 13.2 Å². The van der Waals surface area contributed by atoms with Crippen LogP contribution in [0.1, 0.15) is 26.3 Å². The lowest BCUT2D eigenvalue weighted by Crippen LogP contribution is -2.21. The summed E-state index contributed by atoms with van der Waals surface area (Å²) in [6.45, 7) is 6.13. The quantitative estimate of drug-likeness (QED) is 0.593. The molecule has 0 amide bonds. The summed E-state index contributed by atoms with van der Waals surface area (Å²) in [5, 5.41) is 7.34. The standard InChI is InChI=1S/C14H22N2O3S/c1-10(2)11(3)19-7-8-20(17,18)13-6-4-5-12(9-13)14(15)16/h4-6,9-11H,7-8H2,1-3H3,(H3,15,16). The Balaban J connectivity index is 2.74. The first kappa shape index (κ1) is 16.7. The molecule has 0 fully saturated rings. The molecule has 1 aromatic carbocycles. The van der Waals surface area contributed by atoms with Crippen LogP contribution in [0.3, 0.4) is 0 Å². The van der Waals surface area contributed by atoms with Crippen LogP contribution in [0.5, 0.6) is 0 Å². The normalized spacial score (nSPS) is 13.4. The molecule has 6 heteroatoms. The summed E-state index contributed by atoms with van der Waals surface area (Å²) in [7, 11) is -3.41. The van der Waals surface area contributed by atoms with Crippen molar-refractivity contribution in [2.45, 2.75) is 31.8 Å². The third-order valence-corrected chi connectivity index (χ3v) is 4.85. The SMILES string of the molecule is CC(C)C(C)OCCS(=O)(=O)c1cccc(C(=N)N)c1. The largest absolute Gasteiger partial charge is 0.384 e. The highest BCUT2D eigenvalue weighted by atomic mass is 32.2. The molecule has 0 saturated carbocycles. The Morgan fingerprint density at radius 2 is 2.00 bits per heavy atom. The Morgan fingerprint density at radius 3 is 2.55 bits per heavy atom. The first-order chi connectivity index (χ1) is 9.24. The van der Waals surface area contributed by atoms with Gasteiger partial charge in [-0.1, -0.05) is 26.0 Å². The average molecular weight is 298 g/mol. The second-order valence-electron chi connectivity index (χ2n) is 5.08. The van der Waals surface area contributed by atoms with Gasteiger partial charge in [0.05, 0.1) is 23.4 Å². The number of amidine groups is 1. The average Bonchev–Trinajstić information content (AvgIpc) is 2.38. The lowest BCUT2D eigenvalue weighted by Gasteiger charge is -2.16. The number of ether oxygens (including phenoxy) is 1. The van der Waals surface area contributed by atoms with Crippen molar-refractivity contribution in [1.82, 2.24) is 0 Å². The number of nitrogen functional groups attached to an aromatic ring is 1. The number of benzene rings is 1. The van der Waals surface area contributed by atoms with Gasteiger partial charge in [-0.15, -0.1) is 0 Å². The van der Waals surface area contributed by atoms with Gasteiger partial charge in [-0.25, -0.2) is 8.42 Å².